The minimum Gasteiger partial charge on any atom is -0.369 e. The highest BCUT2D eigenvalue weighted by molar-refractivity contribution is 7.89. The summed E-state index contributed by atoms with van der Waals surface area (Å²) in [6.45, 7) is 2.46. The number of nitrogens with zero attached hydrogens (tertiary/aromatic N) is 1. The van der Waals surface area contributed by atoms with Crippen LogP contribution in [0.4, 0.5) is 10.2 Å². The maximum absolute atomic E-state index is 13.2. The second-order valence-corrected chi connectivity index (χ2v) is 6.30. The van der Waals surface area contributed by atoms with Crippen LogP contribution < -0.4 is 15.4 Å². The van der Waals surface area contributed by atoms with Crippen LogP contribution in [0.2, 0.25) is 0 Å². The second-order valence-electron chi connectivity index (χ2n) is 4.26. The molecule has 0 aliphatic carbocycles. The number of amides is 1. The molecular formula is C12H19FN4O3S. The predicted octanol–water partition coefficient (Wildman–Crippen LogP) is 0.322. The van der Waals surface area contributed by atoms with Crippen LogP contribution in [0.3, 0.4) is 0 Å². The number of rotatable bonds is 8. The van der Waals surface area contributed by atoms with Gasteiger partial charge < -0.3 is 10.6 Å². The number of aromatic nitrogens is 1. The largest absolute Gasteiger partial charge is 0.369 e. The van der Waals surface area contributed by atoms with Crippen molar-refractivity contribution < 1.29 is 17.6 Å². The average Bonchev–Trinajstić information content (AvgIpc) is 2.45. The van der Waals surface area contributed by atoms with Crippen LogP contribution in [-0.4, -0.2) is 45.2 Å². The molecule has 0 radical (unpaired) electrons. The first-order valence-corrected chi connectivity index (χ1v) is 8.13. The normalized spacial score (nSPS) is 11.2. The Balaban J connectivity index is 2.74. The van der Waals surface area contributed by atoms with Crippen molar-refractivity contribution in [3.05, 3.63) is 23.6 Å². The minimum atomic E-state index is -3.40. The summed E-state index contributed by atoms with van der Waals surface area (Å²) in [6.07, 6.45) is 1.83. The molecule has 118 valence electrons. The first kappa shape index (κ1) is 17.3. The van der Waals surface area contributed by atoms with E-state index in [2.05, 4.69) is 20.3 Å². The van der Waals surface area contributed by atoms with Gasteiger partial charge in [-0.1, -0.05) is 6.92 Å². The molecule has 0 bridgehead atoms. The maximum atomic E-state index is 13.2. The zero-order valence-electron chi connectivity index (χ0n) is 11.9. The van der Waals surface area contributed by atoms with Crippen molar-refractivity contribution >= 4 is 21.7 Å². The summed E-state index contributed by atoms with van der Waals surface area (Å²) in [4.78, 5) is 15.8. The Hall–Kier alpha value is -1.74. The van der Waals surface area contributed by atoms with E-state index in [1.807, 2.05) is 6.92 Å². The number of pyridine rings is 1. The van der Waals surface area contributed by atoms with E-state index < -0.39 is 21.7 Å². The summed E-state index contributed by atoms with van der Waals surface area (Å²) in [5.41, 5.74) is 0.0466. The van der Waals surface area contributed by atoms with Gasteiger partial charge in [-0.15, -0.1) is 0 Å². The number of anilines is 1. The lowest BCUT2D eigenvalue weighted by atomic mass is 10.2. The molecule has 1 rings (SSSR count). The lowest BCUT2D eigenvalue weighted by Crippen LogP contribution is -2.33. The maximum Gasteiger partial charge on any atom is 0.255 e. The number of carbonyl (C=O) groups excluding carboxylic acids is 1. The van der Waals surface area contributed by atoms with Gasteiger partial charge in [-0.25, -0.2) is 22.5 Å². The second kappa shape index (κ2) is 7.89. The van der Waals surface area contributed by atoms with Crippen LogP contribution in [0, 0.1) is 5.82 Å². The highest BCUT2D eigenvalue weighted by atomic mass is 32.2. The topological polar surface area (TPSA) is 100 Å². The molecule has 7 nitrogen and oxygen atoms in total. The van der Waals surface area contributed by atoms with Gasteiger partial charge in [0.1, 0.15) is 11.6 Å². The fourth-order valence-electron chi connectivity index (χ4n) is 1.49. The van der Waals surface area contributed by atoms with Gasteiger partial charge in [0, 0.05) is 13.1 Å². The predicted molar refractivity (Wildman–Crippen MR) is 78.2 cm³/mol. The highest BCUT2D eigenvalue weighted by Crippen LogP contribution is 2.13. The van der Waals surface area contributed by atoms with Crippen LogP contribution in [0.25, 0.3) is 0 Å². The molecule has 1 heterocycles. The standard InChI is InChI=1S/C12H19FN4O3S/c1-3-4-15-11-10(7-9(13)8-17-11)12(18)16-5-6-21(19,20)14-2/h7-8,14H,3-6H2,1-2H3,(H,15,17)(H,16,18). The molecule has 9 heteroatoms. The van der Waals surface area contributed by atoms with Crippen LogP contribution in [0.5, 0.6) is 0 Å². The summed E-state index contributed by atoms with van der Waals surface area (Å²) in [5.74, 6) is -1.19. The van der Waals surface area contributed by atoms with Gasteiger partial charge in [-0.05, 0) is 19.5 Å². The van der Waals surface area contributed by atoms with Crippen molar-refractivity contribution in [2.24, 2.45) is 0 Å². The molecule has 0 aliphatic rings. The molecule has 1 aromatic rings. The van der Waals surface area contributed by atoms with Crippen molar-refractivity contribution in [1.29, 1.82) is 0 Å². The molecular weight excluding hydrogens is 299 g/mol. The smallest absolute Gasteiger partial charge is 0.255 e. The molecule has 0 aromatic carbocycles. The van der Waals surface area contributed by atoms with E-state index in [9.17, 15) is 17.6 Å². The van der Waals surface area contributed by atoms with E-state index in [1.165, 1.54) is 7.05 Å². The Labute approximate surface area is 123 Å². The molecule has 0 aliphatic heterocycles. The van der Waals surface area contributed by atoms with Crippen LogP contribution in [0.15, 0.2) is 12.3 Å². The number of sulfonamides is 1. The number of hydrogen-bond donors (Lipinski definition) is 3. The molecule has 0 unspecified atom stereocenters. The Bertz CT molecular complexity index is 592. The third kappa shape index (κ3) is 5.64. The molecule has 1 aromatic heterocycles. The molecule has 0 saturated carbocycles. The highest BCUT2D eigenvalue weighted by Gasteiger charge is 2.15. The van der Waals surface area contributed by atoms with E-state index in [1.54, 1.807) is 0 Å². The Morgan fingerprint density at radius 2 is 2.10 bits per heavy atom. The lowest BCUT2D eigenvalue weighted by molar-refractivity contribution is 0.0956. The summed E-state index contributed by atoms with van der Waals surface area (Å²) in [6, 6.07) is 1.06. The number of carbonyl (C=O) groups is 1. The monoisotopic (exact) mass is 318 g/mol. The van der Waals surface area contributed by atoms with Crippen molar-refractivity contribution in [2.45, 2.75) is 13.3 Å². The Morgan fingerprint density at radius 1 is 1.38 bits per heavy atom. The molecule has 1 amide bonds. The Kier molecular flexibility index (Phi) is 6.50. The van der Waals surface area contributed by atoms with E-state index in [-0.39, 0.29) is 23.7 Å². The molecule has 0 saturated heterocycles. The van der Waals surface area contributed by atoms with E-state index in [0.717, 1.165) is 18.7 Å². The van der Waals surface area contributed by atoms with Crippen molar-refractivity contribution in [3.8, 4) is 0 Å². The summed E-state index contributed by atoms with van der Waals surface area (Å²) in [5, 5.41) is 5.35. The SMILES string of the molecule is CCCNc1ncc(F)cc1C(=O)NCCS(=O)(=O)NC. The lowest BCUT2D eigenvalue weighted by Gasteiger charge is -2.11. The molecule has 3 N–H and O–H groups in total. The third-order valence-electron chi connectivity index (χ3n) is 2.61. The van der Waals surface area contributed by atoms with Gasteiger partial charge in [0.15, 0.2) is 0 Å². The van der Waals surface area contributed by atoms with Crippen molar-refractivity contribution in [2.75, 3.05) is 31.2 Å². The van der Waals surface area contributed by atoms with Gasteiger partial charge in [0.05, 0.1) is 17.5 Å². The molecule has 0 spiro atoms. The zero-order chi connectivity index (χ0) is 15.9. The summed E-state index contributed by atoms with van der Waals surface area (Å²) < 4.78 is 37.8. The minimum absolute atomic E-state index is 0.0466. The van der Waals surface area contributed by atoms with Gasteiger partial charge >= 0.3 is 0 Å². The quantitative estimate of drug-likeness (QED) is 0.641. The van der Waals surface area contributed by atoms with Crippen LogP contribution >= 0.6 is 0 Å². The van der Waals surface area contributed by atoms with Crippen molar-refractivity contribution in [1.82, 2.24) is 15.0 Å². The first-order valence-electron chi connectivity index (χ1n) is 6.48. The number of halogens is 1. The summed E-state index contributed by atoms with van der Waals surface area (Å²) >= 11 is 0. The van der Waals surface area contributed by atoms with E-state index in [0.29, 0.717) is 6.54 Å². The van der Waals surface area contributed by atoms with Crippen LogP contribution in [0.1, 0.15) is 23.7 Å². The van der Waals surface area contributed by atoms with Gasteiger partial charge in [0.25, 0.3) is 5.91 Å². The first-order chi connectivity index (χ1) is 9.89. The fraction of sp³-hybridized carbons (Fsp3) is 0.500. The zero-order valence-corrected chi connectivity index (χ0v) is 12.8. The number of hydrogen-bond acceptors (Lipinski definition) is 5. The van der Waals surface area contributed by atoms with E-state index in [4.69, 9.17) is 0 Å². The van der Waals surface area contributed by atoms with Gasteiger partial charge in [-0.3, -0.25) is 4.79 Å². The van der Waals surface area contributed by atoms with Gasteiger partial charge in [0.2, 0.25) is 10.0 Å². The van der Waals surface area contributed by atoms with Crippen molar-refractivity contribution in [3.63, 3.8) is 0 Å². The van der Waals surface area contributed by atoms with E-state index >= 15 is 0 Å². The third-order valence-corrected chi connectivity index (χ3v) is 3.97. The molecule has 0 fully saturated rings. The fourth-order valence-corrected chi connectivity index (χ4v) is 2.07. The molecule has 21 heavy (non-hydrogen) atoms. The van der Waals surface area contributed by atoms with Crippen LogP contribution in [-0.2, 0) is 10.0 Å². The average molecular weight is 318 g/mol. The Morgan fingerprint density at radius 3 is 2.71 bits per heavy atom. The molecule has 0 atom stereocenters. The summed E-state index contributed by atoms with van der Waals surface area (Å²) in [7, 11) is -2.11. The number of nitrogens with one attached hydrogen (secondary N) is 3. The van der Waals surface area contributed by atoms with Gasteiger partial charge in [-0.2, -0.15) is 0 Å².